The summed E-state index contributed by atoms with van der Waals surface area (Å²) in [4.78, 5) is 25.0. The predicted octanol–water partition coefficient (Wildman–Crippen LogP) is 11.9. The van der Waals surface area contributed by atoms with Gasteiger partial charge in [-0.25, -0.2) is 0 Å². The van der Waals surface area contributed by atoms with Crippen LogP contribution in [0.3, 0.4) is 0 Å². The standard InChI is InChI=1S/C46H80NO7P/c1-6-8-10-12-14-16-18-20-22-23-24-25-26-27-29-31-33-35-37-39-46(48)54-45(44-53-55(49,50)52-42-40-47(3,4)5)43-51-41-38-36-34-32-30-28-21-19-17-15-13-11-9-7-2/h8,10,14,16-17,19-20,22,24-25,27,29,33,35,45H,6-7,9,11-13,15,18,21,23,26,28,30-32,34,36-44H2,1-5H3/b10-8-,16-14-,19-17-,22-20-,25-24-,29-27-,35-33-. The Morgan fingerprint density at radius 3 is 1.58 bits per heavy atom. The van der Waals surface area contributed by atoms with Gasteiger partial charge in [0.15, 0.2) is 0 Å². The molecular weight excluding hydrogens is 709 g/mol. The summed E-state index contributed by atoms with van der Waals surface area (Å²) >= 11 is 0. The summed E-state index contributed by atoms with van der Waals surface area (Å²) in [5.74, 6) is -0.422. The molecule has 0 heterocycles. The Bertz CT molecular complexity index is 1150. The number of quaternary nitrogens is 1. The number of hydrogen-bond acceptors (Lipinski definition) is 7. The van der Waals surface area contributed by atoms with Gasteiger partial charge in [0.2, 0.25) is 0 Å². The number of likely N-dealkylation sites (N-methyl/N-ethyl adjacent to an activating group) is 1. The highest BCUT2D eigenvalue weighted by Gasteiger charge is 2.20. The number of nitrogens with zero attached hydrogens (tertiary/aromatic N) is 1. The van der Waals surface area contributed by atoms with Crippen molar-refractivity contribution in [3.8, 4) is 0 Å². The summed E-state index contributed by atoms with van der Waals surface area (Å²) < 4.78 is 34.4. The summed E-state index contributed by atoms with van der Waals surface area (Å²) in [5.41, 5.74) is 0. The molecule has 2 atom stereocenters. The minimum atomic E-state index is -4.55. The zero-order valence-corrected chi connectivity index (χ0v) is 36.5. The second kappa shape index (κ2) is 38.5. The molecule has 0 spiro atoms. The second-order valence-corrected chi connectivity index (χ2v) is 16.4. The monoisotopic (exact) mass is 790 g/mol. The highest BCUT2D eigenvalue weighted by Crippen LogP contribution is 2.38. The van der Waals surface area contributed by atoms with Gasteiger partial charge in [0, 0.05) is 13.0 Å². The summed E-state index contributed by atoms with van der Waals surface area (Å²) in [6, 6.07) is 0. The van der Waals surface area contributed by atoms with Gasteiger partial charge in [-0.3, -0.25) is 9.36 Å². The first kappa shape index (κ1) is 52.7. The quantitative estimate of drug-likeness (QED) is 0.0202. The molecule has 0 aromatic heterocycles. The number of unbranched alkanes of at least 4 members (excludes halogenated alkanes) is 10. The van der Waals surface area contributed by atoms with Gasteiger partial charge in [-0.15, -0.1) is 0 Å². The van der Waals surface area contributed by atoms with E-state index in [2.05, 4.69) is 86.8 Å². The van der Waals surface area contributed by atoms with E-state index in [-0.39, 0.29) is 26.2 Å². The van der Waals surface area contributed by atoms with Gasteiger partial charge in [0.25, 0.3) is 7.82 Å². The van der Waals surface area contributed by atoms with E-state index < -0.39 is 19.9 Å². The lowest BCUT2D eigenvalue weighted by Gasteiger charge is -2.28. The molecule has 0 aliphatic carbocycles. The van der Waals surface area contributed by atoms with E-state index in [1.165, 1.54) is 51.4 Å². The van der Waals surface area contributed by atoms with E-state index in [4.69, 9.17) is 18.5 Å². The Morgan fingerprint density at radius 2 is 1.05 bits per heavy atom. The molecular formula is C46H80NO7P. The molecule has 0 rings (SSSR count). The highest BCUT2D eigenvalue weighted by atomic mass is 31.2. The third kappa shape index (κ3) is 42.7. The number of ether oxygens (including phenoxy) is 2. The van der Waals surface area contributed by atoms with Crippen LogP contribution in [0.25, 0.3) is 0 Å². The minimum absolute atomic E-state index is 0.00696. The highest BCUT2D eigenvalue weighted by molar-refractivity contribution is 7.45. The van der Waals surface area contributed by atoms with Crippen molar-refractivity contribution >= 4 is 13.8 Å². The summed E-state index contributed by atoms with van der Waals surface area (Å²) in [6.07, 6.45) is 50.4. The van der Waals surface area contributed by atoms with Crippen molar-refractivity contribution in [1.29, 1.82) is 0 Å². The first-order chi connectivity index (χ1) is 26.6. The van der Waals surface area contributed by atoms with Gasteiger partial charge in [0.1, 0.15) is 19.3 Å². The molecule has 0 radical (unpaired) electrons. The molecule has 0 aromatic rings. The van der Waals surface area contributed by atoms with Gasteiger partial charge in [-0.2, -0.15) is 0 Å². The average molecular weight is 790 g/mol. The van der Waals surface area contributed by atoms with Crippen LogP contribution >= 0.6 is 7.82 Å². The van der Waals surface area contributed by atoms with Crippen molar-refractivity contribution in [3.05, 3.63) is 85.1 Å². The molecule has 0 aliphatic rings. The minimum Gasteiger partial charge on any atom is -0.756 e. The van der Waals surface area contributed by atoms with E-state index in [1.54, 1.807) is 0 Å². The van der Waals surface area contributed by atoms with Gasteiger partial charge in [-0.1, -0.05) is 144 Å². The van der Waals surface area contributed by atoms with Gasteiger partial charge >= 0.3 is 5.97 Å². The summed E-state index contributed by atoms with van der Waals surface area (Å²) in [5, 5.41) is 0. The zero-order valence-electron chi connectivity index (χ0n) is 35.6. The van der Waals surface area contributed by atoms with Gasteiger partial charge in [0.05, 0.1) is 34.4 Å². The predicted molar refractivity (Wildman–Crippen MR) is 231 cm³/mol. The number of allylic oxidation sites excluding steroid dienone is 14. The Balaban J connectivity index is 4.42. The van der Waals surface area contributed by atoms with Crippen LogP contribution in [0.15, 0.2) is 85.1 Å². The largest absolute Gasteiger partial charge is 0.756 e. The molecule has 0 aromatic carbocycles. The molecule has 0 N–H and O–H groups in total. The van der Waals surface area contributed by atoms with Crippen molar-refractivity contribution in [2.45, 2.75) is 148 Å². The van der Waals surface area contributed by atoms with E-state index in [1.807, 2.05) is 33.3 Å². The Morgan fingerprint density at radius 1 is 0.582 bits per heavy atom. The van der Waals surface area contributed by atoms with Crippen LogP contribution in [-0.4, -0.2) is 70.7 Å². The van der Waals surface area contributed by atoms with Crippen molar-refractivity contribution in [1.82, 2.24) is 0 Å². The van der Waals surface area contributed by atoms with Crippen molar-refractivity contribution in [3.63, 3.8) is 0 Å². The third-order valence-corrected chi connectivity index (χ3v) is 9.41. The topological polar surface area (TPSA) is 94.1 Å². The molecule has 316 valence electrons. The van der Waals surface area contributed by atoms with Crippen LogP contribution in [0.1, 0.15) is 142 Å². The molecule has 9 heteroatoms. The van der Waals surface area contributed by atoms with E-state index in [0.717, 1.165) is 64.2 Å². The maximum atomic E-state index is 12.6. The lowest BCUT2D eigenvalue weighted by atomic mass is 10.1. The molecule has 0 saturated carbocycles. The van der Waals surface area contributed by atoms with Crippen LogP contribution in [0.2, 0.25) is 0 Å². The molecule has 0 bridgehead atoms. The van der Waals surface area contributed by atoms with Crippen LogP contribution in [0.5, 0.6) is 0 Å². The lowest BCUT2D eigenvalue weighted by Crippen LogP contribution is -2.37. The number of phosphoric ester groups is 1. The van der Waals surface area contributed by atoms with Gasteiger partial charge in [-0.05, 0) is 77.0 Å². The zero-order chi connectivity index (χ0) is 40.6. The van der Waals surface area contributed by atoms with Crippen LogP contribution < -0.4 is 4.89 Å². The first-order valence-corrected chi connectivity index (χ1v) is 22.8. The maximum absolute atomic E-state index is 12.6. The fourth-order valence-electron chi connectivity index (χ4n) is 5.15. The average Bonchev–Trinajstić information content (AvgIpc) is 3.13. The molecule has 2 unspecified atom stereocenters. The molecule has 0 aliphatic heterocycles. The smallest absolute Gasteiger partial charge is 0.306 e. The Labute approximate surface area is 337 Å². The van der Waals surface area contributed by atoms with Crippen molar-refractivity contribution in [2.75, 3.05) is 54.1 Å². The van der Waals surface area contributed by atoms with E-state index in [0.29, 0.717) is 24.1 Å². The third-order valence-electron chi connectivity index (χ3n) is 8.44. The number of phosphoric acid groups is 1. The Hall–Kier alpha value is -2.32. The fraction of sp³-hybridized carbons (Fsp3) is 0.674. The number of esters is 1. The van der Waals surface area contributed by atoms with Crippen LogP contribution in [-0.2, 0) is 27.9 Å². The maximum Gasteiger partial charge on any atom is 0.306 e. The molecule has 0 fully saturated rings. The SMILES string of the molecule is CC/C=C\C/C=C\C/C=C\C/C=C\C/C=C\C/C=C\CCC(=O)OC(COCCCCCCCC/C=C\CCCCCC)COP(=O)([O-])OCC[N+](C)(C)C. The number of carbonyl (C=O) groups excluding carboxylic acids is 1. The first-order valence-electron chi connectivity index (χ1n) is 21.3. The molecule has 0 saturated heterocycles. The lowest BCUT2D eigenvalue weighted by molar-refractivity contribution is -0.870. The molecule has 0 amide bonds. The van der Waals surface area contributed by atoms with Gasteiger partial charge < -0.3 is 27.9 Å². The fourth-order valence-corrected chi connectivity index (χ4v) is 5.88. The molecule has 55 heavy (non-hydrogen) atoms. The number of carbonyl (C=O) groups is 1. The van der Waals surface area contributed by atoms with Crippen LogP contribution in [0.4, 0.5) is 0 Å². The van der Waals surface area contributed by atoms with Crippen molar-refractivity contribution in [2.24, 2.45) is 0 Å². The van der Waals surface area contributed by atoms with E-state index >= 15 is 0 Å². The summed E-state index contributed by atoms with van der Waals surface area (Å²) in [6.45, 7) is 5.14. The van der Waals surface area contributed by atoms with Crippen LogP contribution in [0, 0.1) is 0 Å². The summed E-state index contributed by atoms with van der Waals surface area (Å²) in [7, 11) is 1.29. The van der Waals surface area contributed by atoms with E-state index in [9.17, 15) is 14.3 Å². The molecule has 8 nitrogen and oxygen atoms in total. The second-order valence-electron chi connectivity index (χ2n) is 15.0. The van der Waals surface area contributed by atoms with Crippen molar-refractivity contribution < 1.29 is 37.3 Å². The number of rotatable bonds is 38. The Kier molecular flexibility index (Phi) is 36.9. The number of hydrogen-bond donors (Lipinski definition) is 0. The normalized spacial score (nSPS) is 14.7.